The molecule has 2 rings (SSSR count). The topological polar surface area (TPSA) is 54.7 Å². The fraction of sp³-hybridized carbons (Fsp3) is 0.308. The fourth-order valence-corrected chi connectivity index (χ4v) is 2.88. The van der Waals surface area contributed by atoms with Gasteiger partial charge in [-0.1, -0.05) is 30.8 Å². The van der Waals surface area contributed by atoms with E-state index in [-0.39, 0.29) is 17.1 Å². The van der Waals surface area contributed by atoms with Crippen LogP contribution < -0.4 is 5.73 Å². The van der Waals surface area contributed by atoms with Gasteiger partial charge in [-0.25, -0.2) is 9.37 Å². The zero-order valence-corrected chi connectivity index (χ0v) is 11.0. The van der Waals surface area contributed by atoms with E-state index in [4.69, 9.17) is 5.73 Å². The van der Waals surface area contributed by atoms with E-state index in [1.165, 1.54) is 23.9 Å². The number of thioether (sulfide) groups is 1. The van der Waals surface area contributed by atoms with Gasteiger partial charge in [-0.15, -0.1) is 0 Å². The Bertz CT molecular complexity index is 487. The predicted octanol–water partition coefficient (Wildman–Crippen LogP) is 3.12. The van der Waals surface area contributed by atoms with Crippen molar-refractivity contribution in [1.82, 2.24) is 9.97 Å². The van der Waals surface area contributed by atoms with Gasteiger partial charge in [0.05, 0.1) is 5.25 Å². The highest BCUT2D eigenvalue weighted by atomic mass is 32.2. The number of hydrogen-bond acceptors (Lipinski definition) is 3. The minimum atomic E-state index is -0.235. The van der Waals surface area contributed by atoms with E-state index in [1.54, 1.807) is 18.5 Å². The summed E-state index contributed by atoms with van der Waals surface area (Å²) in [6.45, 7) is 2.03. The Morgan fingerprint density at radius 3 is 2.94 bits per heavy atom. The van der Waals surface area contributed by atoms with Crippen molar-refractivity contribution in [3.63, 3.8) is 0 Å². The van der Waals surface area contributed by atoms with E-state index >= 15 is 0 Å². The zero-order chi connectivity index (χ0) is 13.0. The van der Waals surface area contributed by atoms with Crippen LogP contribution >= 0.6 is 11.8 Å². The average molecular weight is 265 g/mol. The molecule has 2 aromatic rings. The predicted molar refractivity (Wildman–Crippen MR) is 71.9 cm³/mol. The molecule has 1 aromatic heterocycles. The highest BCUT2D eigenvalue weighted by Gasteiger charge is 2.21. The van der Waals surface area contributed by atoms with E-state index in [1.807, 2.05) is 13.0 Å². The van der Waals surface area contributed by atoms with E-state index in [9.17, 15) is 4.39 Å². The quantitative estimate of drug-likeness (QED) is 0.817. The van der Waals surface area contributed by atoms with Gasteiger partial charge in [0, 0.05) is 18.4 Å². The molecule has 0 fully saturated rings. The smallest absolute Gasteiger partial charge is 0.165 e. The Morgan fingerprint density at radius 1 is 1.50 bits per heavy atom. The molecule has 0 saturated carbocycles. The number of rotatable bonds is 5. The van der Waals surface area contributed by atoms with Crippen LogP contribution in [0, 0.1) is 5.82 Å². The van der Waals surface area contributed by atoms with Crippen molar-refractivity contribution in [3.8, 4) is 0 Å². The Hall–Kier alpha value is -1.33. The lowest BCUT2D eigenvalue weighted by Gasteiger charge is -2.21. The standard InChI is InChI=1S/C13H16FN3S/c1-2-11(15)12(18-13-16-6-7-17-13)9-4-3-5-10(14)8-9/h3-8,11-12H,2,15H2,1H3,(H,16,17). The second-order valence-corrected chi connectivity index (χ2v) is 5.19. The molecular formula is C13H16FN3S. The third-order valence-corrected chi connectivity index (χ3v) is 4.07. The second-order valence-electron chi connectivity index (χ2n) is 4.06. The third kappa shape index (κ3) is 3.11. The van der Waals surface area contributed by atoms with Crippen molar-refractivity contribution in [1.29, 1.82) is 0 Å². The SMILES string of the molecule is CCC(N)C(Sc1ncc[nH]1)c1cccc(F)c1. The lowest BCUT2D eigenvalue weighted by Crippen LogP contribution is -2.25. The van der Waals surface area contributed by atoms with Crippen LogP contribution in [0.25, 0.3) is 0 Å². The van der Waals surface area contributed by atoms with Crippen LogP contribution in [-0.2, 0) is 0 Å². The maximum Gasteiger partial charge on any atom is 0.165 e. The Kier molecular flexibility index (Phi) is 4.38. The summed E-state index contributed by atoms with van der Waals surface area (Å²) in [5, 5.41) is 0.796. The molecular weight excluding hydrogens is 249 g/mol. The van der Waals surface area contributed by atoms with Crippen molar-refractivity contribution in [2.24, 2.45) is 5.73 Å². The number of aromatic nitrogens is 2. The van der Waals surface area contributed by atoms with Gasteiger partial charge in [0.2, 0.25) is 0 Å². The number of H-pyrrole nitrogens is 1. The van der Waals surface area contributed by atoms with Crippen molar-refractivity contribution in [2.45, 2.75) is 29.8 Å². The number of nitrogens with zero attached hydrogens (tertiary/aromatic N) is 1. The minimum absolute atomic E-state index is 0.00292. The lowest BCUT2D eigenvalue weighted by atomic mass is 10.0. The highest BCUT2D eigenvalue weighted by molar-refractivity contribution is 7.99. The molecule has 1 aromatic carbocycles. The van der Waals surface area contributed by atoms with Gasteiger partial charge in [-0.2, -0.15) is 0 Å². The lowest BCUT2D eigenvalue weighted by molar-refractivity contribution is 0.609. The van der Waals surface area contributed by atoms with Gasteiger partial charge < -0.3 is 10.7 Å². The summed E-state index contributed by atoms with van der Waals surface area (Å²) in [4.78, 5) is 7.21. The molecule has 0 aliphatic carbocycles. The number of hydrogen-bond donors (Lipinski definition) is 2. The average Bonchev–Trinajstić information content (AvgIpc) is 2.88. The first-order valence-corrected chi connectivity index (χ1v) is 6.75. The van der Waals surface area contributed by atoms with E-state index in [0.29, 0.717) is 0 Å². The van der Waals surface area contributed by atoms with E-state index in [2.05, 4.69) is 9.97 Å². The van der Waals surface area contributed by atoms with Crippen molar-refractivity contribution in [3.05, 3.63) is 48.0 Å². The molecule has 2 unspecified atom stereocenters. The number of nitrogens with one attached hydrogen (secondary N) is 1. The summed E-state index contributed by atoms with van der Waals surface area (Å²) < 4.78 is 13.3. The first-order chi connectivity index (χ1) is 8.70. The third-order valence-electron chi connectivity index (χ3n) is 2.75. The van der Waals surface area contributed by atoms with Gasteiger partial charge in [0.25, 0.3) is 0 Å². The van der Waals surface area contributed by atoms with E-state index in [0.717, 1.165) is 17.1 Å². The summed E-state index contributed by atoms with van der Waals surface area (Å²) >= 11 is 1.53. The van der Waals surface area contributed by atoms with Crippen LogP contribution in [-0.4, -0.2) is 16.0 Å². The molecule has 0 aliphatic heterocycles. The molecule has 0 spiro atoms. The Balaban J connectivity index is 2.25. The van der Waals surface area contributed by atoms with Crippen LogP contribution in [0.5, 0.6) is 0 Å². The fourth-order valence-electron chi connectivity index (χ4n) is 1.74. The van der Waals surface area contributed by atoms with Crippen molar-refractivity contribution < 1.29 is 4.39 Å². The van der Waals surface area contributed by atoms with Crippen molar-refractivity contribution in [2.75, 3.05) is 0 Å². The van der Waals surface area contributed by atoms with Gasteiger partial charge in [-0.05, 0) is 24.1 Å². The van der Waals surface area contributed by atoms with Gasteiger partial charge in [-0.3, -0.25) is 0 Å². The van der Waals surface area contributed by atoms with Crippen molar-refractivity contribution >= 4 is 11.8 Å². The molecule has 0 amide bonds. The van der Waals surface area contributed by atoms with Gasteiger partial charge in [0.1, 0.15) is 5.82 Å². The maximum absolute atomic E-state index is 13.3. The molecule has 18 heavy (non-hydrogen) atoms. The number of aromatic amines is 1. The normalized spacial score (nSPS) is 14.4. The number of imidazole rings is 1. The molecule has 3 nitrogen and oxygen atoms in total. The first kappa shape index (κ1) is 13.1. The Labute approximate surface area is 110 Å². The van der Waals surface area contributed by atoms with Crippen LogP contribution in [0.4, 0.5) is 4.39 Å². The summed E-state index contributed by atoms with van der Waals surface area (Å²) in [5.74, 6) is -0.235. The van der Waals surface area contributed by atoms with Crippen LogP contribution in [0.3, 0.4) is 0 Å². The highest BCUT2D eigenvalue weighted by Crippen LogP contribution is 2.36. The molecule has 0 bridgehead atoms. The zero-order valence-electron chi connectivity index (χ0n) is 10.1. The molecule has 1 heterocycles. The van der Waals surface area contributed by atoms with Gasteiger partial charge in [0.15, 0.2) is 5.16 Å². The van der Waals surface area contributed by atoms with Gasteiger partial charge >= 0.3 is 0 Å². The Morgan fingerprint density at radius 2 is 2.33 bits per heavy atom. The monoisotopic (exact) mass is 265 g/mol. The first-order valence-electron chi connectivity index (χ1n) is 5.87. The van der Waals surface area contributed by atoms with E-state index < -0.39 is 0 Å². The molecule has 0 aliphatic rings. The van der Waals surface area contributed by atoms with Crippen LogP contribution in [0.1, 0.15) is 24.2 Å². The largest absolute Gasteiger partial charge is 0.340 e. The maximum atomic E-state index is 13.3. The summed E-state index contributed by atoms with van der Waals surface area (Å²) in [6, 6.07) is 6.55. The minimum Gasteiger partial charge on any atom is -0.340 e. The summed E-state index contributed by atoms with van der Waals surface area (Å²) in [6.07, 6.45) is 4.29. The van der Waals surface area contributed by atoms with Crippen LogP contribution in [0.2, 0.25) is 0 Å². The molecule has 3 N–H and O–H groups in total. The molecule has 0 radical (unpaired) electrons. The molecule has 0 saturated heterocycles. The molecule has 96 valence electrons. The summed E-state index contributed by atoms with van der Waals surface area (Å²) in [7, 11) is 0. The number of halogens is 1. The summed E-state index contributed by atoms with van der Waals surface area (Å²) in [5.41, 5.74) is 7.03. The number of nitrogens with two attached hydrogens (primary N) is 1. The molecule has 5 heteroatoms. The second kappa shape index (κ2) is 6.02. The molecule has 2 atom stereocenters. The van der Waals surface area contributed by atoms with Crippen LogP contribution in [0.15, 0.2) is 41.8 Å². The number of benzene rings is 1.